The molecule has 6 nitrogen and oxygen atoms in total. The molecule has 1 N–H and O–H groups in total. The highest BCUT2D eigenvalue weighted by molar-refractivity contribution is 7.89. The number of nitrogens with one attached hydrogen (secondary N) is 1. The van der Waals surface area contributed by atoms with Gasteiger partial charge in [0.2, 0.25) is 10.0 Å². The first-order valence-electron chi connectivity index (χ1n) is 8.18. The number of carbonyl (C=O) groups is 1. The Bertz CT molecular complexity index is 815. The molecular formula is C17H21N3O3S. The van der Waals surface area contributed by atoms with E-state index in [4.69, 9.17) is 0 Å². The van der Waals surface area contributed by atoms with Crippen LogP contribution in [0.1, 0.15) is 54.8 Å². The van der Waals surface area contributed by atoms with Gasteiger partial charge in [0.1, 0.15) is 5.82 Å². The number of Topliss-reactive ketones (excluding diaryl/α,β-unsaturated/α-hetero) is 1. The number of aromatic nitrogens is 2. The monoisotopic (exact) mass is 347 g/mol. The molecule has 1 fully saturated rings. The highest BCUT2D eigenvalue weighted by Crippen LogP contribution is 2.34. The lowest BCUT2D eigenvalue weighted by Crippen LogP contribution is -2.39. The van der Waals surface area contributed by atoms with Crippen molar-refractivity contribution in [1.82, 2.24) is 14.3 Å². The minimum absolute atomic E-state index is 0.0618. The standard InChI is InChI=1S/C17H21N3O3S/c1-2-16(21)13-6-5-7-14(12-13)24(22,23)20-11-4-3-8-15(20)17-18-9-10-19-17/h5-7,9-10,12,15H,2-4,8,11H2,1H3,(H,18,19). The fourth-order valence-electron chi connectivity index (χ4n) is 3.10. The van der Waals surface area contributed by atoms with Gasteiger partial charge in [-0.2, -0.15) is 4.31 Å². The van der Waals surface area contributed by atoms with Crippen LogP contribution >= 0.6 is 0 Å². The summed E-state index contributed by atoms with van der Waals surface area (Å²) in [6.07, 6.45) is 6.21. The van der Waals surface area contributed by atoms with Crippen molar-refractivity contribution in [1.29, 1.82) is 0 Å². The van der Waals surface area contributed by atoms with Crippen molar-refractivity contribution >= 4 is 15.8 Å². The van der Waals surface area contributed by atoms with Gasteiger partial charge >= 0.3 is 0 Å². The molecule has 1 aliphatic heterocycles. The third kappa shape index (κ3) is 3.14. The highest BCUT2D eigenvalue weighted by atomic mass is 32.2. The number of aromatic amines is 1. The van der Waals surface area contributed by atoms with Crippen molar-refractivity contribution < 1.29 is 13.2 Å². The van der Waals surface area contributed by atoms with Crippen molar-refractivity contribution in [2.75, 3.05) is 6.54 Å². The molecule has 1 saturated heterocycles. The molecule has 1 aromatic heterocycles. The quantitative estimate of drug-likeness (QED) is 0.843. The van der Waals surface area contributed by atoms with Gasteiger partial charge in [0.25, 0.3) is 0 Å². The van der Waals surface area contributed by atoms with E-state index in [2.05, 4.69) is 9.97 Å². The van der Waals surface area contributed by atoms with E-state index in [1.807, 2.05) is 0 Å². The van der Waals surface area contributed by atoms with E-state index in [-0.39, 0.29) is 16.7 Å². The fraction of sp³-hybridized carbons (Fsp3) is 0.412. The van der Waals surface area contributed by atoms with Gasteiger partial charge in [-0.15, -0.1) is 0 Å². The third-order valence-electron chi connectivity index (χ3n) is 4.37. The average molecular weight is 347 g/mol. The van der Waals surface area contributed by atoms with Crippen molar-refractivity contribution in [3.63, 3.8) is 0 Å². The van der Waals surface area contributed by atoms with Gasteiger partial charge in [-0.05, 0) is 25.0 Å². The largest absolute Gasteiger partial charge is 0.347 e. The predicted octanol–water partition coefficient (Wildman–Crippen LogP) is 2.92. The Labute approximate surface area is 142 Å². The molecule has 1 unspecified atom stereocenters. The van der Waals surface area contributed by atoms with Gasteiger partial charge in [-0.25, -0.2) is 13.4 Å². The maximum absolute atomic E-state index is 13.1. The number of carbonyl (C=O) groups excluding carboxylic acids is 1. The summed E-state index contributed by atoms with van der Waals surface area (Å²) in [5.41, 5.74) is 0.435. The summed E-state index contributed by atoms with van der Waals surface area (Å²) >= 11 is 0. The van der Waals surface area contributed by atoms with Crippen LogP contribution in [0.4, 0.5) is 0 Å². The first-order chi connectivity index (χ1) is 11.5. The Kier molecular flexibility index (Phi) is 4.82. The van der Waals surface area contributed by atoms with E-state index in [0.29, 0.717) is 24.4 Å². The third-order valence-corrected chi connectivity index (χ3v) is 6.28. The van der Waals surface area contributed by atoms with Crippen LogP contribution in [0.2, 0.25) is 0 Å². The Hall–Kier alpha value is -1.99. The Morgan fingerprint density at radius 2 is 2.21 bits per heavy atom. The zero-order chi connectivity index (χ0) is 17.2. The van der Waals surface area contributed by atoms with E-state index < -0.39 is 10.0 Å². The number of sulfonamides is 1. The number of rotatable bonds is 5. The normalized spacial score (nSPS) is 19.3. The van der Waals surface area contributed by atoms with Crippen molar-refractivity contribution in [3.05, 3.63) is 48.0 Å². The minimum atomic E-state index is -3.68. The number of piperidine rings is 1. The maximum atomic E-state index is 13.1. The molecule has 0 amide bonds. The van der Waals surface area contributed by atoms with Gasteiger partial charge in [0, 0.05) is 30.9 Å². The van der Waals surface area contributed by atoms with Crippen LogP contribution in [0, 0.1) is 0 Å². The molecule has 0 aliphatic carbocycles. The number of hydrogen-bond acceptors (Lipinski definition) is 4. The molecule has 2 heterocycles. The smallest absolute Gasteiger partial charge is 0.243 e. The van der Waals surface area contributed by atoms with E-state index in [0.717, 1.165) is 19.3 Å². The summed E-state index contributed by atoms with van der Waals surface area (Å²) < 4.78 is 27.8. The van der Waals surface area contributed by atoms with Crippen molar-refractivity contribution in [3.8, 4) is 0 Å². The molecule has 3 rings (SSSR count). The second kappa shape index (κ2) is 6.86. The van der Waals surface area contributed by atoms with Crippen LogP contribution in [0.25, 0.3) is 0 Å². The second-order valence-corrected chi connectivity index (χ2v) is 7.80. The first kappa shape index (κ1) is 16.9. The lowest BCUT2D eigenvalue weighted by Gasteiger charge is -2.33. The fourth-order valence-corrected chi connectivity index (χ4v) is 4.80. The van der Waals surface area contributed by atoms with E-state index in [1.165, 1.54) is 10.4 Å². The van der Waals surface area contributed by atoms with Crippen molar-refractivity contribution in [2.24, 2.45) is 0 Å². The van der Waals surface area contributed by atoms with Gasteiger partial charge < -0.3 is 4.98 Å². The molecule has 0 radical (unpaired) electrons. The molecule has 128 valence electrons. The highest BCUT2D eigenvalue weighted by Gasteiger charge is 2.35. The van der Waals surface area contributed by atoms with Gasteiger partial charge in [0.15, 0.2) is 5.78 Å². The number of ketones is 1. The van der Waals surface area contributed by atoms with Crippen LogP contribution in [-0.2, 0) is 10.0 Å². The van der Waals surface area contributed by atoms with Crippen molar-refractivity contribution in [2.45, 2.75) is 43.5 Å². The van der Waals surface area contributed by atoms with Crippen LogP contribution in [-0.4, -0.2) is 35.0 Å². The van der Waals surface area contributed by atoms with Crippen LogP contribution < -0.4 is 0 Å². The molecule has 7 heteroatoms. The Morgan fingerprint density at radius 3 is 2.92 bits per heavy atom. The van der Waals surface area contributed by atoms with Crippen LogP contribution in [0.5, 0.6) is 0 Å². The topological polar surface area (TPSA) is 83.1 Å². The molecule has 0 saturated carbocycles. The molecule has 1 aliphatic rings. The zero-order valence-electron chi connectivity index (χ0n) is 13.6. The number of hydrogen-bond donors (Lipinski definition) is 1. The van der Waals surface area contributed by atoms with E-state index in [9.17, 15) is 13.2 Å². The summed E-state index contributed by atoms with van der Waals surface area (Å²) in [4.78, 5) is 19.3. The summed E-state index contributed by atoms with van der Waals surface area (Å²) in [5.74, 6) is 0.604. The van der Waals surface area contributed by atoms with E-state index in [1.54, 1.807) is 37.5 Å². The maximum Gasteiger partial charge on any atom is 0.243 e. The SMILES string of the molecule is CCC(=O)c1cccc(S(=O)(=O)N2CCCCC2c2ncc[nH]2)c1. The minimum Gasteiger partial charge on any atom is -0.347 e. The summed E-state index contributed by atoms with van der Waals surface area (Å²) in [6.45, 7) is 2.22. The first-order valence-corrected chi connectivity index (χ1v) is 9.62. The average Bonchev–Trinajstić information content (AvgIpc) is 3.15. The second-order valence-electron chi connectivity index (χ2n) is 5.91. The molecular weight excluding hydrogens is 326 g/mol. The van der Waals surface area contributed by atoms with E-state index >= 15 is 0 Å². The van der Waals surface area contributed by atoms with Gasteiger partial charge in [-0.1, -0.05) is 25.5 Å². The number of H-pyrrole nitrogens is 1. The number of benzene rings is 1. The summed E-state index contributed by atoms with van der Waals surface area (Å²) in [6, 6.07) is 6.03. The van der Waals surface area contributed by atoms with Crippen LogP contribution in [0.3, 0.4) is 0 Å². The van der Waals surface area contributed by atoms with Crippen LogP contribution in [0.15, 0.2) is 41.6 Å². The zero-order valence-corrected chi connectivity index (χ0v) is 14.4. The Morgan fingerprint density at radius 1 is 1.38 bits per heavy atom. The molecule has 24 heavy (non-hydrogen) atoms. The molecule has 0 spiro atoms. The molecule has 1 atom stereocenters. The van der Waals surface area contributed by atoms with Gasteiger partial charge in [-0.3, -0.25) is 4.79 Å². The summed E-state index contributed by atoms with van der Waals surface area (Å²) in [5, 5.41) is 0. The molecule has 2 aromatic rings. The Balaban J connectivity index is 1.98. The number of imidazole rings is 1. The lowest BCUT2D eigenvalue weighted by molar-refractivity contribution is 0.0988. The molecule has 0 bridgehead atoms. The van der Waals surface area contributed by atoms with Gasteiger partial charge in [0.05, 0.1) is 10.9 Å². The molecule has 1 aromatic carbocycles. The summed E-state index contributed by atoms with van der Waals surface area (Å²) in [7, 11) is -3.68. The number of nitrogens with zero attached hydrogens (tertiary/aromatic N) is 2. The predicted molar refractivity (Wildman–Crippen MR) is 90.1 cm³/mol. The lowest BCUT2D eigenvalue weighted by atomic mass is 10.0.